The van der Waals surface area contributed by atoms with Gasteiger partial charge in [0.05, 0.1) is 22.4 Å². The van der Waals surface area contributed by atoms with Crippen molar-refractivity contribution in [1.82, 2.24) is 4.57 Å². The smallest absolute Gasteiger partial charge is 0.0546 e. The molecular weight excluding hydrogens is 701 g/mol. The molecule has 1 aromatic heterocycles. The van der Waals surface area contributed by atoms with Crippen molar-refractivity contribution >= 4 is 60.4 Å². The summed E-state index contributed by atoms with van der Waals surface area (Å²) in [4.78, 5) is 2.44. The van der Waals surface area contributed by atoms with Crippen LogP contribution in [-0.4, -0.2) is 4.57 Å². The predicted molar refractivity (Wildman–Crippen MR) is 247 cm³/mol. The Labute approximate surface area is 338 Å². The highest BCUT2D eigenvalue weighted by atomic mass is 15.1. The van der Waals surface area contributed by atoms with Crippen LogP contribution in [0.1, 0.15) is 0 Å². The summed E-state index contributed by atoms with van der Waals surface area (Å²) < 4.78 is 2.44. The molecule has 0 bridgehead atoms. The van der Waals surface area contributed by atoms with E-state index in [1.165, 1.54) is 71.2 Å². The van der Waals surface area contributed by atoms with E-state index in [2.05, 4.69) is 240 Å². The van der Waals surface area contributed by atoms with E-state index < -0.39 is 0 Å². The zero-order chi connectivity index (χ0) is 38.4. The first-order valence-corrected chi connectivity index (χ1v) is 19.9. The second-order valence-electron chi connectivity index (χ2n) is 14.9. The third kappa shape index (κ3) is 5.74. The first-order valence-electron chi connectivity index (χ1n) is 19.9. The third-order valence-corrected chi connectivity index (χ3v) is 11.5. The fourth-order valence-electron chi connectivity index (χ4n) is 8.87. The maximum absolute atomic E-state index is 2.44. The molecule has 0 aliphatic rings. The van der Waals surface area contributed by atoms with Crippen molar-refractivity contribution in [2.45, 2.75) is 0 Å². The van der Waals surface area contributed by atoms with Crippen LogP contribution in [0.15, 0.2) is 231 Å². The quantitative estimate of drug-likeness (QED) is 0.148. The Kier molecular flexibility index (Phi) is 8.19. The maximum Gasteiger partial charge on any atom is 0.0546 e. The van der Waals surface area contributed by atoms with Crippen molar-refractivity contribution in [3.63, 3.8) is 0 Å². The summed E-state index contributed by atoms with van der Waals surface area (Å²) in [6.07, 6.45) is 0. The predicted octanol–water partition coefficient (Wildman–Crippen LogP) is 15.6. The van der Waals surface area contributed by atoms with E-state index in [0.29, 0.717) is 0 Å². The van der Waals surface area contributed by atoms with Gasteiger partial charge < -0.3 is 9.47 Å². The molecule has 0 unspecified atom stereocenters. The standard InChI is InChI=1S/C56H38N2/c1-3-17-39(18-4-1)41-22-15-24-45(35-41)57(56-38-44-21-7-8-26-47(44)49-28-9-10-29-50(49)56)46-25-16-23-43(36-46)48-27-11-13-31-53(48)58-54-32-14-12-30-51(54)52-37-42(33-34-55(52)58)40-19-5-2-6-20-40/h1-38H. The number of rotatable bonds is 7. The molecular formula is C56H38N2. The summed E-state index contributed by atoms with van der Waals surface area (Å²) in [6, 6.07) is 83.7. The lowest BCUT2D eigenvalue weighted by Gasteiger charge is -2.28. The Hall–Kier alpha value is -7.68. The van der Waals surface area contributed by atoms with Crippen LogP contribution in [0.4, 0.5) is 17.1 Å². The molecule has 58 heavy (non-hydrogen) atoms. The van der Waals surface area contributed by atoms with Gasteiger partial charge in [-0.2, -0.15) is 0 Å². The molecule has 10 aromatic carbocycles. The fourth-order valence-corrected chi connectivity index (χ4v) is 8.87. The molecule has 1 heterocycles. The van der Waals surface area contributed by atoms with Gasteiger partial charge in [0.1, 0.15) is 0 Å². The van der Waals surface area contributed by atoms with E-state index in [4.69, 9.17) is 0 Å². The van der Waals surface area contributed by atoms with Crippen molar-refractivity contribution < 1.29 is 0 Å². The molecule has 11 aromatic rings. The topological polar surface area (TPSA) is 8.17 Å². The molecule has 0 aliphatic heterocycles. The minimum Gasteiger partial charge on any atom is -0.310 e. The molecule has 0 amide bonds. The average Bonchev–Trinajstić information content (AvgIpc) is 3.63. The summed E-state index contributed by atoms with van der Waals surface area (Å²) >= 11 is 0. The fraction of sp³-hybridized carbons (Fsp3) is 0. The zero-order valence-corrected chi connectivity index (χ0v) is 31.8. The molecule has 11 rings (SSSR count). The minimum atomic E-state index is 1.09. The largest absolute Gasteiger partial charge is 0.310 e. The Morgan fingerprint density at radius 3 is 1.59 bits per heavy atom. The summed E-state index contributed by atoms with van der Waals surface area (Å²) in [6.45, 7) is 0. The van der Waals surface area contributed by atoms with E-state index in [0.717, 1.165) is 28.3 Å². The van der Waals surface area contributed by atoms with Crippen LogP contribution in [0.25, 0.3) is 82.4 Å². The van der Waals surface area contributed by atoms with Crippen LogP contribution in [0.2, 0.25) is 0 Å². The average molecular weight is 739 g/mol. The lowest BCUT2D eigenvalue weighted by molar-refractivity contribution is 1.18. The first kappa shape index (κ1) is 33.6. The molecule has 0 radical (unpaired) electrons. The normalized spacial score (nSPS) is 11.4. The minimum absolute atomic E-state index is 1.09. The zero-order valence-electron chi connectivity index (χ0n) is 31.8. The molecule has 0 atom stereocenters. The highest BCUT2D eigenvalue weighted by Crippen LogP contribution is 2.45. The van der Waals surface area contributed by atoms with Gasteiger partial charge in [-0.25, -0.2) is 0 Å². The van der Waals surface area contributed by atoms with Gasteiger partial charge in [0.25, 0.3) is 0 Å². The van der Waals surface area contributed by atoms with E-state index in [-0.39, 0.29) is 0 Å². The molecule has 0 spiro atoms. The van der Waals surface area contributed by atoms with Crippen molar-refractivity contribution in [3.05, 3.63) is 231 Å². The molecule has 0 fully saturated rings. The van der Waals surface area contributed by atoms with Crippen LogP contribution in [-0.2, 0) is 0 Å². The van der Waals surface area contributed by atoms with E-state index in [1.54, 1.807) is 0 Å². The monoisotopic (exact) mass is 738 g/mol. The van der Waals surface area contributed by atoms with Crippen LogP contribution < -0.4 is 4.90 Å². The Balaban J connectivity index is 1.12. The molecule has 2 nitrogen and oxygen atoms in total. The van der Waals surface area contributed by atoms with Gasteiger partial charge in [-0.05, 0) is 98.6 Å². The lowest BCUT2D eigenvalue weighted by Crippen LogP contribution is -2.11. The lowest BCUT2D eigenvalue weighted by atomic mass is 9.97. The summed E-state index contributed by atoms with van der Waals surface area (Å²) in [5.74, 6) is 0. The van der Waals surface area contributed by atoms with Crippen LogP contribution >= 0.6 is 0 Å². The van der Waals surface area contributed by atoms with Crippen molar-refractivity contribution in [2.24, 2.45) is 0 Å². The van der Waals surface area contributed by atoms with Gasteiger partial charge in [0.15, 0.2) is 0 Å². The number of aromatic nitrogens is 1. The number of anilines is 3. The van der Waals surface area contributed by atoms with Crippen molar-refractivity contribution in [1.29, 1.82) is 0 Å². The van der Waals surface area contributed by atoms with Gasteiger partial charge in [-0.1, -0.05) is 176 Å². The van der Waals surface area contributed by atoms with Gasteiger partial charge in [0.2, 0.25) is 0 Å². The van der Waals surface area contributed by atoms with Gasteiger partial charge in [-0.15, -0.1) is 0 Å². The molecule has 2 heteroatoms. The van der Waals surface area contributed by atoms with Gasteiger partial charge >= 0.3 is 0 Å². The highest BCUT2D eigenvalue weighted by Gasteiger charge is 2.20. The van der Waals surface area contributed by atoms with Crippen LogP contribution in [0.5, 0.6) is 0 Å². The SMILES string of the molecule is c1ccc(-c2cccc(N(c3cccc(-c4ccccc4-n4c5ccccc5c5cc(-c6ccccc6)ccc54)c3)c3cc4ccccc4c4ccccc34)c2)cc1. The van der Waals surface area contributed by atoms with Gasteiger partial charge in [-0.3, -0.25) is 0 Å². The number of nitrogens with zero attached hydrogens (tertiary/aromatic N) is 2. The second kappa shape index (κ2) is 14.1. The molecule has 0 N–H and O–H groups in total. The third-order valence-electron chi connectivity index (χ3n) is 11.5. The molecule has 0 saturated heterocycles. The molecule has 0 saturated carbocycles. The van der Waals surface area contributed by atoms with E-state index in [1.807, 2.05) is 0 Å². The van der Waals surface area contributed by atoms with E-state index in [9.17, 15) is 0 Å². The number of fused-ring (bicyclic) bond motifs is 6. The second-order valence-corrected chi connectivity index (χ2v) is 14.9. The summed E-state index contributed by atoms with van der Waals surface area (Å²) in [5, 5.41) is 7.40. The van der Waals surface area contributed by atoms with Crippen molar-refractivity contribution in [2.75, 3.05) is 4.90 Å². The Bertz CT molecular complexity index is 3290. The Morgan fingerprint density at radius 1 is 0.293 bits per heavy atom. The molecule has 272 valence electrons. The maximum atomic E-state index is 2.44. The summed E-state index contributed by atoms with van der Waals surface area (Å²) in [7, 11) is 0. The van der Waals surface area contributed by atoms with Gasteiger partial charge in [0, 0.05) is 33.1 Å². The Morgan fingerprint density at radius 2 is 0.828 bits per heavy atom. The first-order chi connectivity index (χ1) is 28.8. The van der Waals surface area contributed by atoms with E-state index >= 15 is 0 Å². The summed E-state index contributed by atoms with van der Waals surface area (Å²) in [5.41, 5.74) is 14.0. The van der Waals surface area contributed by atoms with Crippen molar-refractivity contribution in [3.8, 4) is 39.1 Å². The van der Waals surface area contributed by atoms with Crippen LogP contribution in [0, 0.1) is 0 Å². The molecule has 0 aliphatic carbocycles. The number of hydrogen-bond acceptors (Lipinski definition) is 1. The highest BCUT2D eigenvalue weighted by molar-refractivity contribution is 6.15. The number of para-hydroxylation sites is 2. The number of benzene rings is 10. The van der Waals surface area contributed by atoms with Crippen LogP contribution in [0.3, 0.4) is 0 Å². The number of hydrogen-bond donors (Lipinski definition) is 0.